The Kier molecular flexibility index (Phi) is 7.39. The summed E-state index contributed by atoms with van der Waals surface area (Å²) in [6.45, 7) is 4.07. The molecule has 0 aliphatic heterocycles. The van der Waals surface area contributed by atoms with Crippen molar-refractivity contribution in [1.29, 1.82) is 0 Å². The van der Waals surface area contributed by atoms with Crippen LogP contribution in [0.2, 0.25) is 0 Å². The zero-order chi connectivity index (χ0) is 11.7. The molecule has 90 valence electrons. The van der Waals surface area contributed by atoms with E-state index in [0.717, 1.165) is 38.5 Å². The molecule has 0 aromatic rings. The average molecular weight is 216 g/mol. The monoisotopic (exact) mass is 216 g/mol. The van der Waals surface area contributed by atoms with Crippen molar-refractivity contribution < 1.29 is 14.6 Å². The largest absolute Gasteiger partial charge is 0.469 e. The summed E-state index contributed by atoms with van der Waals surface area (Å²) in [7, 11) is 1.39. The highest BCUT2D eigenvalue weighted by atomic mass is 16.5. The van der Waals surface area contributed by atoms with Crippen molar-refractivity contribution in [1.82, 2.24) is 0 Å². The summed E-state index contributed by atoms with van der Waals surface area (Å²) < 4.78 is 4.80. The molecule has 0 atom stereocenters. The van der Waals surface area contributed by atoms with Crippen molar-refractivity contribution in [2.45, 2.75) is 52.4 Å². The summed E-state index contributed by atoms with van der Waals surface area (Å²) >= 11 is 0. The summed E-state index contributed by atoms with van der Waals surface area (Å²) in [6, 6.07) is 0. The molecule has 0 aliphatic carbocycles. The first kappa shape index (κ1) is 14.4. The van der Waals surface area contributed by atoms with E-state index in [1.54, 1.807) is 0 Å². The van der Waals surface area contributed by atoms with Crippen molar-refractivity contribution in [2.24, 2.45) is 5.41 Å². The lowest BCUT2D eigenvalue weighted by Crippen LogP contribution is -2.36. The molecule has 0 heterocycles. The molecule has 0 bridgehead atoms. The Bertz CT molecular complexity index is 170. The van der Waals surface area contributed by atoms with Gasteiger partial charge in [0.25, 0.3) is 0 Å². The number of aliphatic hydroxyl groups is 1. The van der Waals surface area contributed by atoms with Gasteiger partial charge in [-0.25, -0.2) is 0 Å². The number of ether oxygens (including phenoxy) is 1. The van der Waals surface area contributed by atoms with E-state index in [0.29, 0.717) is 0 Å². The first-order chi connectivity index (χ1) is 7.16. The van der Waals surface area contributed by atoms with Crippen LogP contribution >= 0.6 is 0 Å². The van der Waals surface area contributed by atoms with Crippen LogP contribution in [0.4, 0.5) is 0 Å². The molecule has 0 unspecified atom stereocenters. The summed E-state index contributed by atoms with van der Waals surface area (Å²) in [6.07, 6.45) is 5.44. The second-order valence-electron chi connectivity index (χ2n) is 4.14. The van der Waals surface area contributed by atoms with Gasteiger partial charge in [0, 0.05) is 0 Å². The van der Waals surface area contributed by atoms with Gasteiger partial charge in [0.1, 0.15) is 0 Å². The summed E-state index contributed by atoms with van der Waals surface area (Å²) in [4.78, 5) is 11.7. The minimum atomic E-state index is -0.652. The minimum absolute atomic E-state index is 0.0975. The highest BCUT2D eigenvalue weighted by molar-refractivity contribution is 5.76. The van der Waals surface area contributed by atoms with Crippen LogP contribution in [0, 0.1) is 5.41 Å². The number of esters is 1. The smallest absolute Gasteiger partial charge is 0.314 e. The fraction of sp³-hybridized carbons (Fsp3) is 0.917. The molecule has 0 saturated carbocycles. The number of aliphatic hydroxyl groups excluding tert-OH is 1. The first-order valence-electron chi connectivity index (χ1n) is 5.86. The number of hydrogen-bond donors (Lipinski definition) is 1. The van der Waals surface area contributed by atoms with E-state index in [1.807, 2.05) is 0 Å². The molecule has 0 aromatic heterocycles. The number of unbranched alkanes of at least 4 members (excludes halogenated alkanes) is 2. The van der Waals surface area contributed by atoms with Gasteiger partial charge < -0.3 is 9.84 Å². The predicted octanol–water partition coefficient (Wildman–Crippen LogP) is 2.52. The Morgan fingerprint density at radius 1 is 1.20 bits per heavy atom. The third-order valence-corrected chi connectivity index (χ3v) is 2.94. The van der Waals surface area contributed by atoms with Crippen molar-refractivity contribution >= 4 is 5.97 Å². The van der Waals surface area contributed by atoms with Crippen LogP contribution in [0.3, 0.4) is 0 Å². The quantitative estimate of drug-likeness (QED) is 0.634. The third kappa shape index (κ3) is 4.20. The van der Waals surface area contributed by atoms with Crippen molar-refractivity contribution in [3.63, 3.8) is 0 Å². The van der Waals surface area contributed by atoms with Gasteiger partial charge in [-0.05, 0) is 12.8 Å². The Morgan fingerprint density at radius 2 is 1.67 bits per heavy atom. The number of carbonyl (C=O) groups excluding carboxylic acids is 1. The fourth-order valence-corrected chi connectivity index (χ4v) is 1.80. The molecule has 0 spiro atoms. The van der Waals surface area contributed by atoms with Crippen LogP contribution < -0.4 is 0 Å². The SMILES string of the molecule is CCCCC(CO)(CCCC)C(=O)OC. The first-order valence-corrected chi connectivity index (χ1v) is 5.86. The number of methoxy groups -OCH3 is 1. The van der Waals surface area contributed by atoms with E-state index in [-0.39, 0.29) is 12.6 Å². The molecule has 0 aliphatic rings. The third-order valence-electron chi connectivity index (χ3n) is 2.94. The molecule has 0 radical (unpaired) electrons. The van der Waals surface area contributed by atoms with Crippen molar-refractivity contribution in [3.8, 4) is 0 Å². The van der Waals surface area contributed by atoms with Crippen LogP contribution in [-0.4, -0.2) is 24.8 Å². The van der Waals surface area contributed by atoms with Gasteiger partial charge in [0.05, 0.1) is 19.1 Å². The summed E-state index contributed by atoms with van der Waals surface area (Å²) in [5.41, 5.74) is -0.652. The van der Waals surface area contributed by atoms with Gasteiger partial charge in [-0.2, -0.15) is 0 Å². The van der Waals surface area contributed by atoms with E-state index < -0.39 is 5.41 Å². The molecular formula is C12H24O3. The Hall–Kier alpha value is -0.570. The zero-order valence-electron chi connectivity index (χ0n) is 10.2. The summed E-state index contributed by atoms with van der Waals surface area (Å²) in [5, 5.41) is 9.43. The highest BCUT2D eigenvalue weighted by Crippen LogP contribution is 2.32. The van der Waals surface area contributed by atoms with Crippen LogP contribution in [-0.2, 0) is 9.53 Å². The Balaban J connectivity index is 4.51. The molecule has 0 rings (SSSR count). The average Bonchev–Trinajstić information content (AvgIpc) is 2.29. The van der Waals surface area contributed by atoms with Gasteiger partial charge in [0.15, 0.2) is 0 Å². The standard InChI is InChI=1S/C12H24O3/c1-4-6-8-12(10-13,9-7-5-2)11(14)15-3/h13H,4-10H2,1-3H3. The van der Waals surface area contributed by atoms with Crippen LogP contribution in [0.15, 0.2) is 0 Å². The van der Waals surface area contributed by atoms with E-state index >= 15 is 0 Å². The summed E-state index contributed by atoms with van der Waals surface area (Å²) in [5.74, 6) is -0.257. The maximum Gasteiger partial charge on any atom is 0.314 e. The van der Waals surface area contributed by atoms with Crippen molar-refractivity contribution in [3.05, 3.63) is 0 Å². The maximum atomic E-state index is 11.7. The lowest BCUT2D eigenvalue weighted by Gasteiger charge is -2.28. The van der Waals surface area contributed by atoms with E-state index in [2.05, 4.69) is 13.8 Å². The molecule has 0 fully saturated rings. The van der Waals surface area contributed by atoms with E-state index in [4.69, 9.17) is 4.74 Å². The normalized spacial score (nSPS) is 11.5. The van der Waals surface area contributed by atoms with E-state index in [1.165, 1.54) is 7.11 Å². The number of rotatable bonds is 8. The van der Waals surface area contributed by atoms with Crippen LogP contribution in [0.1, 0.15) is 52.4 Å². The molecule has 0 amide bonds. The molecule has 1 N–H and O–H groups in total. The van der Waals surface area contributed by atoms with Gasteiger partial charge in [-0.1, -0.05) is 39.5 Å². The van der Waals surface area contributed by atoms with Gasteiger partial charge in [0.2, 0.25) is 0 Å². The molecule has 15 heavy (non-hydrogen) atoms. The van der Waals surface area contributed by atoms with E-state index in [9.17, 15) is 9.90 Å². The topological polar surface area (TPSA) is 46.5 Å². The zero-order valence-corrected chi connectivity index (χ0v) is 10.2. The van der Waals surface area contributed by atoms with Gasteiger partial charge in [-0.3, -0.25) is 4.79 Å². The predicted molar refractivity (Wildman–Crippen MR) is 60.6 cm³/mol. The lowest BCUT2D eigenvalue weighted by molar-refractivity contribution is -0.156. The number of hydrogen-bond acceptors (Lipinski definition) is 3. The molecular weight excluding hydrogens is 192 g/mol. The Labute approximate surface area is 92.8 Å². The molecule has 3 nitrogen and oxygen atoms in total. The molecule has 0 saturated heterocycles. The van der Waals surface area contributed by atoms with Crippen molar-refractivity contribution in [2.75, 3.05) is 13.7 Å². The second kappa shape index (κ2) is 7.69. The molecule has 0 aromatic carbocycles. The van der Waals surface area contributed by atoms with Gasteiger partial charge in [-0.15, -0.1) is 0 Å². The van der Waals surface area contributed by atoms with Crippen LogP contribution in [0.5, 0.6) is 0 Å². The van der Waals surface area contributed by atoms with Gasteiger partial charge >= 0.3 is 5.97 Å². The minimum Gasteiger partial charge on any atom is -0.469 e. The lowest BCUT2D eigenvalue weighted by atomic mass is 9.79. The number of carbonyl (C=O) groups is 1. The molecule has 3 heteroatoms. The van der Waals surface area contributed by atoms with Crippen LogP contribution in [0.25, 0.3) is 0 Å². The second-order valence-corrected chi connectivity index (χ2v) is 4.14. The fourth-order valence-electron chi connectivity index (χ4n) is 1.80. The highest BCUT2D eigenvalue weighted by Gasteiger charge is 2.37. The Morgan fingerprint density at radius 3 is 1.93 bits per heavy atom. The maximum absolute atomic E-state index is 11.7.